The van der Waals surface area contributed by atoms with E-state index < -0.39 is 0 Å². The molecule has 0 aromatic heterocycles. The SMILES string of the molecule is CCNC1CCCc2ccc(OC3CCCCC3O)cc21. The first-order valence-electron chi connectivity index (χ1n) is 8.49. The topological polar surface area (TPSA) is 41.5 Å². The highest BCUT2D eigenvalue weighted by Crippen LogP contribution is 2.33. The number of fused-ring (bicyclic) bond motifs is 1. The first-order chi connectivity index (χ1) is 10.3. The number of hydrogen-bond acceptors (Lipinski definition) is 3. The maximum atomic E-state index is 10.1. The van der Waals surface area contributed by atoms with Crippen LogP contribution >= 0.6 is 0 Å². The van der Waals surface area contributed by atoms with Crippen molar-refractivity contribution in [3.8, 4) is 5.75 Å². The van der Waals surface area contributed by atoms with Gasteiger partial charge in [0.2, 0.25) is 0 Å². The highest BCUT2D eigenvalue weighted by atomic mass is 16.5. The highest BCUT2D eigenvalue weighted by Gasteiger charge is 2.26. The molecule has 2 aliphatic carbocycles. The summed E-state index contributed by atoms with van der Waals surface area (Å²) >= 11 is 0. The van der Waals surface area contributed by atoms with Crippen molar-refractivity contribution in [3.05, 3.63) is 29.3 Å². The van der Waals surface area contributed by atoms with Gasteiger partial charge in [-0.3, -0.25) is 0 Å². The third kappa shape index (κ3) is 3.41. The van der Waals surface area contributed by atoms with Crippen molar-refractivity contribution < 1.29 is 9.84 Å². The second-order valence-corrected chi connectivity index (χ2v) is 6.37. The second kappa shape index (κ2) is 6.80. The molecule has 3 atom stereocenters. The van der Waals surface area contributed by atoms with Crippen molar-refractivity contribution in [2.75, 3.05) is 6.54 Å². The molecule has 0 aliphatic heterocycles. The van der Waals surface area contributed by atoms with Crippen molar-refractivity contribution in [1.82, 2.24) is 5.32 Å². The van der Waals surface area contributed by atoms with Crippen LogP contribution in [-0.2, 0) is 6.42 Å². The molecular formula is C18H27NO2. The molecule has 1 aromatic carbocycles. The predicted octanol–water partition coefficient (Wildman–Crippen LogP) is 3.36. The predicted molar refractivity (Wildman–Crippen MR) is 84.7 cm³/mol. The van der Waals surface area contributed by atoms with Crippen LogP contribution in [0.3, 0.4) is 0 Å². The summed E-state index contributed by atoms with van der Waals surface area (Å²) in [7, 11) is 0. The van der Waals surface area contributed by atoms with Crippen molar-refractivity contribution in [2.24, 2.45) is 0 Å². The van der Waals surface area contributed by atoms with Crippen molar-refractivity contribution in [2.45, 2.75) is 70.1 Å². The summed E-state index contributed by atoms with van der Waals surface area (Å²) in [5.41, 5.74) is 2.84. The van der Waals surface area contributed by atoms with E-state index in [2.05, 4.69) is 30.4 Å². The summed E-state index contributed by atoms with van der Waals surface area (Å²) in [6.07, 6.45) is 7.41. The van der Waals surface area contributed by atoms with Gasteiger partial charge in [-0.2, -0.15) is 0 Å². The van der Waals surface area contributed by atoms with Crippen LogP contribution in [0.1, 0.15) is 62.6 Å². The van der Waals surface area contributed by atoms with E-state index in [0.717, 1.165) is 38.0 Å². The molecule has 116 valence electrons. The van der Waals surface area contributed by atoms with Gasteiger partial charge < -0.3 is 15.2 Å². The normalized spacial score (nSPS) is 29.0. The lowest BCUT2D eigenvalue weighted by atomic mass is 9.87. The molecule has 1 fully saturated rings. The van der Waals surface area contributed by atoms with Gasteiger partial charge in [0, 0.05) is 6.04 Å². The Bertz CT molecular complexity index is 474. The van der Waals surface area contributed by atoms with Crippen molar-refractivity contribution in [1.29, 1.82) is 0 Å². The maximum Gasteiger partial charge on any atom is 0.124 e. The van der Waals surface area contributed by atoms with Crippen LogP contribution in [0, 0.1) is 0 Å². The lowest BCUT2D eigenvalue weighted by Crippen LogP contribution is -2.34. The number of nitrogens with one attached hydrogen (secondary N) is 1. The van der Waals surface area contributed by atoms with Gasteiger partial charge in [0.15, 0.2) is 0 Å². The molecule has 0 radical (unpaired) electrons. The van der Waals surface area contributed by atoms with Gasteiger partial charge in [0.05, 0.1) is 6.10 Å². The Labute approximate surface area is 127 Å². The Kier molecular flexibility index (Phi) is 4.81. The fourth-order valence-corrected chi connectivity index (χ4v) is 3.70. The summed E-state index contributed by atoms with van der Waals surface area (Å²) in [4.78, 5) is 0. The largest absolute Gasteiger partial charge is 0.488 e. The molecule has 0 heterocycles. The van der Waals surface area contributed by atoms with Crippen LogP contribution in [0.25, 0.3) is 0 Å². The number of aryl methyl sites for hydroxylation is 1. The number of aliphatic hydroxyl groups excluding tert-OH is 1. The summed E-state index contributed by atoms with van der Waals surface area (Å²) in [5.74, 6) is 0.921. The van der Waals surface area contributed by atoms with Crippen LogP contribution in [0.15, 0.2) is 18.2 Å². The van der Waals surface area contributed by atoms with E-state index in [1.807, 2.05) is 0 Å². The maximum absolute atomic E-state index is 10.1. The van der Waals surface area contributed by atoms with Gasteiger partial charge in [-0.05, 0) is 68.3 Å². The van der Waals surface area contributed by atoms with Gasteiger partial charge >= 0.3 is 0 Å². The first kappa shape index (κ1) is 14.9. The average Bonchev–Trinajstić information content (AvgIpc) is 2.50. The van der Waals surface area contributed by atoms with E-state index in [4.69, 9.17) is 4.74 Å². The zero-order valence-electron chi connectivity index (χ0n) is 13.0. The Morgan fingerprint density at radius 1 is 1.19 bits per heavy atom. The van der Waals surface area contributed by atoms with E-state index in [-0.39, 0.29) is 12.2 Å². The minimum Gasteiger partial charge on any atom is -0.488 e. The van der Waals surface area contributed by atoms with Crippen molar-refractivity contribution >= 4 is 0 Å². The number of hydrogen-bond donors (Lipinski definition) is 2. The van der Waals surface area contributed by atoms with Crippen LogP contribution in [0.4, 0.5) is 0 Å². The Balaban J connectivity index is 1.76. The van der Waals surface area contributed by atoms with E-state index >= 15 is 0 Å². The monoisotopic (exact) mass is 289 g/mol. The minimum atomic E-state index is -0.306. The number of ether oxygens (including phenoxy) is 1. The number of aliphatic hydroxyl groups is 1. The minimum absolute atomic E-state index is 0.0297. The van der Waals surface area contributed by atoms with Gasteiger partial charge in [-0.25, -0.2) is 0 Å². The average molecular weight is 289 g/mol. The molecule has 0 amide bonds. The molecule has 0 saturated heterocycles. The molecule has 2 N–H and O–H groups in total. The van der Waals surface area contributed by atoms with Gasteiger partial charge in [0.1, 0.15) is 11.9 Å². The smallest absolute Gasteiger partial charge is 0.124 e. The van der Waals surface area contributed by atoms with Crippen LogP contribution in [-0.4, -0.2) is 23.9 Å². The zero-order chi connectivity index (χ0) is 14.7. The molecule has 3 rings (SSSR count). The molecule has 1 aromatic rings. The van der Waals surface area contributed by atoms with Crippen LogP contribution < -0.4 is 10.1 Å². The molecule has 21 heavy (non-hydrogen) atoms. The standard InChI is InChI=1S/C18H27NO2/c1-2-19-16-7-5-6-13-10-11-14(12-15(13)16)21-18-9-4-3-8-17(18)20/h10-12,16-20H,2-9H2,1H3. The van der Waals surface area contributed by atoms with Crippen molar-refractivity contribution in [3.63, 3.8) is 0 Å². The quantitative estimate of drug-likeness (QED) is 0.893. The van der Waals surface area contributed by atoms with Gasteiger partial charge in [0.25, 0.3) is 0 Å². The lowest BCUT2D eigenvalue weighted by Gasteiger charge is -2.30. The zero-order valence-corrected chi connectivity index (χ0v) is 13.0. The Hall–Kier alpha value is -1.06. The van der Waals surface area contributed by atoms with E-state index in [9.17, 15) is 5.11 Å². The molecule has 3 heteroatoms. The molecule has 1 saturated carbocycles. The van der Waals surface area contributed by atoms with Gasteiger partial charge in [-0.15, -0.1) is 0 Å². The fourth-order valence-electron chi connectivity index (χ4n) is 3.70. The van der Waals surface area contributed by atoms with E-state index in [0.29, 0.717) is 6.04 Å². The molecule has 3 nitrogen and oxygen atoms in total. The van der Waals surface area contributed by atoms with Gasteiger partial charge in [-0.1, -0.05) is 19.4 Å². The molecule has 0 spiro atoms. The first-order valence-corrected chi connectivity index (χ1v) is 8.49. The lowest BCUT2D eigenvalue weighted by molar-refractivity contribution is 0.00680. The third-order valence-electron chi connectivity index (χ3n) is 4.84. The summed E-state index contributed by atoms with van der Waals surface area (Å²) in [6, 6.07) is 6.94. The Morgan fingerprint density at radius 3 is 2.86 bits per heavy atom. The highest BCUT2D eigenvalue weighted by molar-refractivity contribution is 5.39. The molecular weight excluding hydrogens is 262 g/mol. The molecule has 2 aliphatic rings. The summed E-state index contributed by atoms with van der Waals surface area (Å²) in [6.45, 7) is 3.16. The molecule has 3 unspecified atom stereocenters. The second-order valence-electron chi connectivity index (χ2n) is 6.37. The number of benzene rings is 1. The summed E-state index contributed by atoms with van der Waals surface area (Å²) in [5, 5.41) is 13.6. The van der Waals surface area contributed by atoms with E-state index in [1.54, 1.807) is 0 Å². The van der Waals surface area contributed by atoms with Crippen LogP contribution in [0.2, 0.25) is 0 Å². The Morgan fingerprint density at radius 2 is 2.05 bits per heavy atom. The molecule has 0 bridgehead atoms. The summed E-state index contributed by atoms with van der Waals surface area (Å²) < 4.78 is 6.08. The fraction of sp³-hybridized carbons (Fsp3) is 0.667. The van der Waals surface area contributed by atoms with Crippen LogP contribution in [0.5, 0.6) is 5.75 Å². The third-order valence-corrected chi connectivity index (χ3v) is 4.84. The number of rotatable bonds is 4. The van der Waals surface area contributed by atoms with E-state index in [1.165, 1.54) is 30.4 Å².